The Hall–Kier alpha value is -2.17. The molecular formula is C27H36O9. The van der Waals surface area contributed by atoms with Crippen LogP contribution in [0.15, 0.2) is 24.3 Å². The van der Waals surface area contributed by atoms with Gasteiger partial charge < -0.3 is 28.8 Å². The summed E-state index contributed by atoms with van der Waals surface area (Å²) in [4.78, 5) is 22.8. The monoisotopic (exact) mass is 504 g/mol. The molecule has 1 aromatic carbocycles. The van der Waals surface area contributed by atoms with Crippen LogP contribution in [-0.2, 0) is 28.8 Å². The first-order valence-corrected chi connectivity index (χ1v) is 12.8. The topological polar surface area (TPSA) is 102 Å². The Labute approximate surface area is 211 Å². The summed E-state index contributed by atoms with van der Waals surface area (Å²) in [5.74, 6) is 0.383. The fraction of sp³-hybridized carbons (Fsp3) is 0.667. The first-order valence-electron chi connectivity index (χ1n) is 12.8. The van der Waals surface area contributed by atoms with E-state index in [4.69, 9.17) is 38.6 Å². The van der Waals surface area contributed by atoms with Crippen LogP contribution in [0.3, 0.4) is 0 Å². The van der Waals surface area contributed by atoms with Crippen LogP contribution >= 0.6 is 0 Å². The molecule has 0 radical (unpaired) electrons. The van der Waals surface area contributed by atoms with Gasteiger partial charge in [-0.15, -0.1) is 0 Å². The summed E-state index contributed by atoms with van der Waals surface area (Å²) in [5, 5.41) is 8.82. The molecule has 1 spiro atoms. The molecule has 4 aliphatic heterocycles. The van der Waals surface area contributed by atoms with E-state index in [1.54, 1.807) is 25.3 Å². The van der Waals surface area contributed by atoms with Crippen LogP contribution in [-0.4, -0.2) is 55.4 Å². The maximum absolute atomic E-state index is 10.8. The number of ether oxygens (including phenoxy) is 5. The average molecular weight is 505 g/mol. The molecule has 9 nitrogen and oxygen atoms in total. The fourth-order valence-electron chi connectivity index (χ4n) is 6.45. The molecule has 2 bridgehead atoms. The number of hydrogen-bond acceptors (Lipinski definition) is 8. The van der Waals surface area contributed by atoms with Crippen LogP contribution in [0, 0.1) is 23.7 Å². The molecule has 6 rings (SSSR count). The third-order valence-corrected chi connectivity index (χ3v) is 8.33. The molecule has 9 heteroatoms. The van der Waals surface area contributed by atoms with Crippen LogP contribution in [0.4, 0.5) is 0 Å². The smallest absolute Gasteiger partial charge is 0.328 e. The number of hydrogen-bond donors (Lipinski definition) is 1. The lowest BCUT2D eigenvalue weighted by Gasteiger charge is -2.60. The van der Waals surface area contributed by atoms with Crippen molar-refractivity contribution >= 4 is 12.0 Å². The van der Waals surface area contributed by atoms with Gasteiger partial charge in [0.2, 0.25) is 5.79 Å². The van der Waals surface area contributed by atoms with E-state index in [2.05, 4.69) is 13.8 Å². The molecule has 4 heterocycles. The Morgan fingerprint density at radius 3 is 2.75 bits per heavy atom. The molecule has 4 saturated heterocycles. The molecule has 5 aliphatic rings. The summed E-state index contributed by atoms with van der Waals surface area (Å²) in [7, 11) is 1.54. The summed E-state index contributed by atoms with van der Waals surface area (Å²) in [6.07, 6.45) is 5.52. The lowest BCUT2D eigenvalue weighted by molar-refractivity contribution is -0.577. The average Bonchev–Trinajstić information content (AvgIpc) is 3.09. The Bertz CT molecular complexity index is 995. The summed E-state index contributed by atoms with van der Waals surface area (Å²) < 4.78 is 30.3. The number of carboxylic acids is 1. The molecule has 1 aromatic rings. The zero-order chi connectivity index (χ0) is 25.5. The standard InChI is InChI=1S/C27H36O9/c1-16-5-8-20-17(2)24(33-25-27(20)19(16)11-12-26(3,34-25)35-36-27)32-14-13-31-21-9-6-18(7-10-23(28)29)15-22(21)30-4/h6-7,9-10,15-17,19-20,24-25H,5,8,11-14H2,1-4H3,(H,28,29)/t16-,17-,19?,20+,24+,25-,26-,27-/m1/s1. The maximum Gasteiger partial charge on any atom is 0.328 e. The van der Waals surface area contributed by atoms with Crippen molar-refractivity contribution in [3.8, 4) is 11.5 Å². The second-order valence-electron chi connectivity index (χ2n) is 10.6. The van der Waals surface area contributed by atoms with Gasteiger partial charge in [0.05, 0.1) is 13.7 Å². The van der Waals surface area contributed by atoms with Crippen LogP contribution < -0.4 is 9.47 Å². The molecule has 36 heavy (non-hydrogen) atoms. The van der Waals surface area contributed by atoms with Crippen LogP contribution in [0.1, 0.15) is 52.0 Å². The van der Waals surface area contributed by atoms with Gasteiger partial charge in [-0.2, -0.15) is 0 Å². The van der Waals surface area contributed by atoms with E-state index >= 15 is 0 Å². The lowest BCUT2D eigenvalue weighted by Crippen LogP contribution is -2.70. The Morgan fingerprint density at radius 1 is 1.14 bits per heavy atom. The maximum atomic E-state index is 10.8. The highest BCUT2D eigenvalue weighted by Crippen LogP contribution is 2.60. The highest BCUT2D eigenvalue weighted by molar-refractivity contribution is 5.85. The van der Waals surface area contributed by atoms with Crippen molar-refractivity contribution in [3.05, 3.63) is 29.8 Å². The molecule has 8 atom stereocenters. The van der Waals surface area contributed by atoms with Gasteiger partial charge in [0.1, 0.15) is 6.61 Å². The zero-order valence-corrected chi connectivity index (χ0v) is 21.3. The van der Waals surface area contributed by atoms with Gasteiger partial charge >= 0.3 is 5.97 Å². The van der Waals surface area contributed by atoms with E-state index < -0.39 is 29.9 Å². The minimum absolute atomic E-state index is 0.0979. The van der Waals surface area contributed by atoms with Gasteiger partial charge in [-0.25, -0.2) is 14.6 Å². The quantitative estimate of drug-likeness (QED) is 0.314. The van der Waals surface area contributed by atoms with Gasteiger partial charge in [-0.3, -0.25) is 0 Å². The van der Waals surface area contributed by atoms with Crippen LogP contribution in [0.5, 0.6) is 11.5 Å². The number of fused-ring (bicyclic) bond motifs is 2. The number of carboxylic acid groups (broad SMARTS) is 1. The van der Waals surface area contributed by atoms with E-state index in [1.807, 2.05) is 6.92 Å². The van der Waals surface area contributed by atoms with Gasteiger partial charge in [-0.1, -0.05) is 19.9 Å². The summed E-state index contributed by atoms with van der Waals surface area (Å²) in [6.45, 7) is 6.98. The van der Waals surface area contributed by atoms with Gasteiger partial charge in [0.15, 0.2) is 29.7 Å². The molecule has 5 fully saturated rings. The highest BCUT2D eigenvalue weighted by atomic mass is 17.3. The van der Waals surface area contributed by atoms with Crippen molar-refractivity contribution in [2.45, 2.75) is 70.4 Å². The van der Waals surface area contributed by atoms with Crippen molar-refractivity contribution in [1.82, 2.24) is 0 Å². The first kappa shape index (κ1) is 25.5. The van der Waals surface area contributed by atoms with Crippen molar-refractivity contribution in [2.75, 3.05) is 20.3 Å². The van der Waals surface area contributed by atoms with Crippen molar-refractivity contribution < 1.29 is 43.4 Å². The molecule has 0 aromatic heterocycles. The largest absolute Gasteiger partial charge is 0.493 e. The lowest BCUT2D eigenvalue weighted by atomic mass is 9.58. The number of carbonyl (C=O) groups is 1. The minimum Gasteiger partial charge on any atom is -0.493 e. The number of methoxy groups -OCH3 is 1. The third kappa shape index (κ3) is 4.52. The predicted molar refractivity (Wildman–Crippen MR) is 128 cm³/mol. The molecule has 1 N–H and O–H groups in total. The highest BCUT2D eigenvalue weighted by Gasteiger charge is 2.69. The number of benzene rings is 1. The third-order valence-electron chi connectivity index (χ3n) is 8.33. The summed E-state index contributed by atoms with van der Waals surface area (Å²) in [6, 6.07) is 5.25. The van der Waals surface area contributed by atoms with Gasteiger partial charge in [0, 0.05) is 24.3 Å². The molecule has 1 saturated carbocycles. The Balaban J connectivity index is 1.22. The van der Waals surface area contributed by atoms with Crippen molar-refractivity contribution in [1.29, 1.82) is 0 Å². The van der Waals surface area contributed by atoms with Gasteiger partial charge in [-0.05, 0) is 61.8 Å². The summed E-state index contributed by atoms with van der Waals surface area (Å²) >= 11 is 0. The molecule has 1 unspecified atom stereocenters. The van der Waals surface area contributed by atoms with E-state index in [0.29, 0.717) is 42.1 Å². The van der Waals surface area contributed by atoms with E-state index in [9.17, 15) is 4.79 Å². The van der Waals surface area contributed by atoms with Crippen molar-refractivity contribution in [3.63, 3.8) is 0 Å². The fourth-order valence-corrected chi connectivity index (χ4v) is 6.45. The van der Waals surface area contributed by atoms with E-state index in [1.165, 1.54) is 6.08 Å². The van der Waals surface area contributed by atoms with Crippen LogP contribution in [0.2, 0.25) is 0 Å². The molecular weight excluding hydrogens is 468 g/mol. The molecule has 0 amide bonds. The zero-order valence-electron chi connectivity index (χ0n) is 21.3. The Morgan fingerprint density at radius 2 is 1.97 bits per heavy atom. The van der Waals surface area contributed by atoms with Gasteiger partial charge in [0.25, 0.3) is 0 Å². The normalized spacial score (nSPS) is 39.4. The first-order chi connectivity index (χ1) is 17.3. The number of aliphatic carboxylic acids is 1. The second-order valence-corrected chi connectivity index (χ2v) is 10.6. The van der Waals surface area contributed by atoms with Crippen LogP contribution in [0.25, 0.3) is 6.08 Å². The SMILES string of the molecule is COc1cc(C=CC(=O)O)ccc1OCCO[C@H]1O[C@@H]2O[C@@]3(C)CCC4[C@H](C)CC[C@@H]([C@H]1C)[C@]42OO3. The minimum atomic E-state index is -1.01. The predicted octanol–water partition coefficient (Wildman–Crippen LogP) is 4.40. The van der Waals surface area contributed by atoms with E-state index in [-0.39, 0.29) is 11.8 Å². The van der Waals surface area contributed by atoms with E-state index in [0.717, 1.165) is 31.8 Å². The van der Waals surface area contributed by atoms with Crippen molar-refractivity contribution in [2.24, 2.45) is 23.7 Å². The number of rotatable bonds is 8. The Kier molecular flexibility index (Phi) is 7.04. The second kappa shape index (κ2) is 9.95. The summed E-state index contributed by atoms with van der Waals surface area (Å²) in [5.41, 5.74) is 0.0992. The molecule has 1 aliphatic carbocycles. The molecule has 198 valence electrons.